The average molecular weight is 321 g/mol. The fourth-order valence-corrected chi connectivity index (χ4v) is 2.39. The highest BCUT2D eigenvalue weighted by atomic mass is 16.4. The highest BCUT2D eigenvalue weighted by Gasteiger charge is 2.27. The Labute approximate surface area is 140 Å². The Morgan fingerprint density at radius 2 is 1.88 bits per heavy atom. The van der Waals surface area contributed by atoms with Crippen molar-refractivity contribution in [3.8, 4) is 0 Å². The predicted octanol–water partition coefficient (Wildman–Crippen LogP) is 3.47. The molecule has 1 amide bonds. The molecule has 1 atom stereocenters. The second-order valence-corrected chi connectivity index (χ2v) is 5.88. The van der Waals surface area contributed by atoms with Crippen LogP contribution in [0.15, 0.2) is 71.2 Å². The van der Waals surface area contributed by atoms with E-state index in [0.29, 0.717) is 11.3 Å². The second-order valence-electron chi connectivity index (χ2n) is 5.88. The summed E-state index contributed by atoms with van der Waals surface area (Å²) in [7, 11) is 0. The minimum atomic E-state index is -1.28. The summed E-state index contributed by atoms with van der Waals surface area (Å²) in [5.74, 6) is 0.159. The SMILES string of the molecule is C[C@](O)(CNC(=O)/C=C/c1ccccc1)c1cc2ccccc2o1. The number of rotatable bonds is 5. The molecule has 0 saturated heterocycles. The van der Waals surface area contributed by atoms with E-state index in [4.69, 9.17) is 4.42 Å². The molecule has 24 heavy (non-hydrogen) atoms. The molecule has 0 fully saturated rings. The van der Waals surface area contributed by atoms with Crippen molar-refractivity contribution in [3.63, 3.8) is 0 Å². The number of nitrogens with one attached hydrogen (secondary N) is 1. The van der Waals surface area contributed by atoms with Gasteiger partial charge in [0.1, 0.15) is 16.9 Å². The fourth-order valence-electron chi connectivity index (χ4n) is 2.39. The molecule has 0 spiro atoms. The predicted molar refractivity (Wildman–Crippen MR) is 94.3 cm³/mol. The number of aliphatic hydroxyl groups is 1. The molecule has 2 N–H and O–H groups in total. The van der Waals surface area contributed by atoms with Crippen LogP contribution in [0.3, 0.4) is 0 Å². The molecule has 2 aromatic carbocycles. The largest absolute Gasteiger partial charge is 0.458 e. The van der Waals surface area contributed by atoms with Gasteiger partial charge in [-0.05, 0) is 30.7 Å². The minimum Gasteiger partial charge on any atom is -0.458 e. The molecule has 0 unspecified atom stereocenters. The molecular weight excluding hydrogens is 302 g/mol. The number of hydrogen-bond donors (Lipinski definition) is 2. The topological polar surface area (TPSA) is 62.5 Å². The average Bonchev–Trinajstić information content (AvgIpc) is 3.04. The van der Waals surface area contributed by atoms with E-state index in [9.17, 15) is 9.90 Å². The van der Waals surface area contributed by atoms with Crippen molar-refractivity contribution in [2.75, 3.05) is 6.54 Å². The van der Waals surface area contributed by atoms with Gasteiger partial charge in [-0.1, -0.05) is 48.5 Å². The van der Waals surface area contributed by atoms with Gasteiger partial charge >= 0.3 is 0 Å². The van der Waals surface area contributed by atoms with E-state index >= 15 is 0 Å². The van der Waals surface area contributed by atoms with Crippen LogP contribution in [0.25, 0.3) is 17.0 Å². The normalized spacial score (nSPS) is 13.9. The van der Waals surface area contributed by atoms with Crippen LogP contribution in [0, 0.1) is 0 Å². The van der Waals surface area contributed by atoms with Gasteiger partial charge < -0.3 is 14.8 Å². The highest BCUT2D eigenvalue weighted by molar-refractivity contribution is 5.91. The Morgan fingerprint density at radius 3 is 2.62 bits per heavy atom. The third-order valence-electron chi connectivity index (χ3n) is 3.79. The van der Waals surface area contributed by atoms with Crippen molar-refractivity contribution in [3.05, 3.63) is 78.1 Å². The molecule has 0 radical (unpaired) electrons. The van der Waals surface area contributed by atoms with Crippen LogP contribution >= 0.6 is 0 Å². The molecule has 122 valence electrons. The summed E-state index contributed by atoms with van der Waals surface area (Å²) in [6.07, 6.45) is 3.18. The lowest BCUT2D eigenvalue weighted by molar-refractivity contribution is -0.117. The molecule has 4 heteroatoms. The van der Waals surface area contributed by atoms with Gasteiger partial charge in [0.25, 0.3) is 0 Å². The molecule has 3 aromatic rings. The first-order valence-electron chi connectivity index (χ1n) is 7.77. The lowest BCUT2D eigenvalue weighted by Crippen LogP contribution is -2.37. The Balaban J connectivity index is 1.64. The van der Waals surface area contributed by atoms with E-state index in [1.54, 1.807) is 19.1 Å². The van der Waals surface area contributed by atoms with Crippen LogP contribution in [0.2, 0.25) is 0 Å². The first-order valence-corrected chi connectivity index (χ1v) is 7.77. The van der Waals surface area contributed by atoms with E-state index < -0.39 is 5.60 Å². The van der Waals surface area contributed by atoms with Crippen LogP contribution in [0.1, 0.15) is 18.2 Å². The molecule has 4 nitrogen and oxygen atoms in total. The zero-order valence-electron chi connectivity index (χ0n) is 13.4. The molecule has 0 aliphatic rings. The van der Waals surface area contributed by atoms with Crippen LogP contribution in [0.4, 0.5) is 0 Å². The van der Waals surface area contributed by atoms with Gasteiger partial charge in [0, 0.05) is 11.5 Å². The van der Waals surface area contributed by atoms with Crippen LogP contribution in [-0.4, -0.2) is 17.6 Å². The summed E-state index contributed by atoms with van der Waals surface area (Å²) in [5, 5.41) is 14.2. The van der Waals surface area contributed by atoms with Crippen LogP contribution in [-0.2, 0) is 10.4 Å². The molecule has 1 aromatic heterocycles. The first kappa shape index (κ1) is 16.0. The first-order chi connectivity index (χ1) is 11.5. The number of hydrogen-bond acceptors (Lipinski definition) is 3. The highest BCUT2D eigenvalue weighted by Crippen LogP contribution is 2.27. The van der Waals surface area contributed by atoms with Gasteiger partial charge in [-0.2, -0.15) is 0 Å². The number of carbonyl (C=O) groups excluding carboxylic acids is 1. The number of benzene rings is 2. The third-order valence-corrected chi connectivity index (χ3v) is 3.79. The zero-order valence-corrected chi connectivity index (χ0v) is 13.4. The summed E-state index contributed by atoms with van der Waals surface area (Å²) in [5.41, 5.74) is 0.370. The Hall–Kier alpha value is -2.85. The van der Waals surface area contributed by atoms with Gasteiger partial charge in [0.2, 0.25) is 5.91 Å². The Bertz CT molecular complexity index is 830. The van der Waals surface area contributed by atoms with E-state index in [0.717, 1.165) is 10.9 Å². The van der Waals surface area contributed by atoms with Crippen molar-refractivity contribution < 1.29 is 14.3 Å². The summed E-state index contributed by atoms with van der Waals surface area (Å²) in [6, 6.07) is 18.9. The summed E-state index contributed by atoms with van der Waals surface area (Å²) < 4.78 is 5.68. The van der Waals surface area contributed by atoms with Gasteiger partial charge in [-0.15, -0.1) is 0 Å². The van der Waals surface area contributed by atoms with E-state index in [1.165, 1.54) is 6.08 Å². The maximum Gasteiger partial charge on any atom is 0.244 e. The van der Waals surface area contributed by atoms with Gasteiger partial charge in [-0.3, -0.25) is 4.79 Å². The Morgan fingerprint density at radius 1 is 1.17 bits per heavy atom. The van der Waals surface area contributed by atoms with Gasteiger partial charge in [0.05, 0.1) is 6.54 Å². The van der Waals surface area contributed by atoms with Gasteiger partial charge in [0.15, 0.2) is 0 Å². The van der Waals surface area contributed by atoms with Crippen LogP contribution < -0.4 is 5.32 Å². The summed E-state index contributed by atoms with van der Waals surface area (Å²) in [6.45, 7) is 1.68. The molecule has 0 aliphatic carbocycles. The van der Waals surface area contributed by atoms with Crippen LogP contribution in [0.5, 0.6) is 0 Å². The summed E-state index contributed by atoms with van der Waals surface area (Å²) in [4.78, 5) is 11.9. The molecular formula is C20H19NO3. The van der Waals surface area contributed by atoms with E-state index in [-0.39, 0.29) is 12.5 Å². The number of furan rings is 1. The lowest BCUT2D eigenvalue weighted by Gasteiger charge is -2.20. The summed E-state index contributed by atoms with van der Waals surface area (Å²) >= 11 is 0. The maximum atomic E-state index is 11.9. The van der Waals surface area contributed by atoms with Gasteiger partial charge in [-0.25, -0.2) is 0 Å². The van der Waals surface area contributed by atoms with Crippen molar-refractivity contribution in [1.82, 2.24) is 5.32 Å². The quantitative estimate of drug-likeness (QED) is 0.707. The lowest BCUT2D eigenvalue weighted by atomic mass is 10.0. The smallest absolute Gasteiger partial charge is 0.244 e. The van der Waals surface area contributed by atoms with E-state index in [2.05, 4.69) is 5.32 Å². The third kappa shape index (κ3) is 3.73. The molecule has 1 heterocycles. The standard InChI is InChI=1S/C20H19NO3/c1-20(23,18-13-16-9-5-6-10-17(16)24-18)14-21-19(22)12-11-15-7-3-2-4-8-15/h2-13,23H,14H2,1H3,(H,21,22)/b12-11+/t20-/m0/s1. The number of fused-ring (bicyclic) bond motifs is 1. The molecule has 0 saturated carbocycles. The fraction of sp³-hybridized carbons (Fsp3) is 0.150. The van der Waals surface area contributed by atoms with E-state index in [1.807, 2.05) is 54.6 Å². The minimum absolute atomic E-state index is 0.0603. The zero-order chi connectivity index (χ0) is 17.0. The molecule has 0 aliphatic heterocycles. The maximum absolute atomic E-state index is 11.9. The van der Waals surface area contributed by atoms with Crippen molar-refractivity contribution in [2.24, 2.45) is 0 Å². The second kappa shape index (κ2) is 6.72. The number of para-hydroxylation sites is 1. The Kier molecular flexibility index (Phi) is 4.49. The monoisotopic (exact) mass is 321 g/mol. The number of carbonyl (C=O) groups is 1. The number of amides is 1. The van der Waals surface area contributed by atoms with Crippen molar-refractivity contribution >= 4 is 23.0 Å². The van der Waals surface area contributed by atoms with Crippen molar-refractivity contribution in [2.45, 2.75) is 12.5 Å². The van der Waals surface area contributed by atoms with Crippen molar-refractivity contribution in [1.29, 1.82) is 0 Å². The molecule has 3 rings (SSSR count). The molecule has 0 bridgehead atoms.